The van der Waals surface area contributed by atoms with E-state index in [0.29, 0.717) is 17.9 Å². The molecule has 0 aliphatic carbocycles. The van der Waals surface area contributed by atoms with Crippen LogP contribution in [0.15, 0.2) is 53.1 Å². The molecule has 0 N–H and O–H groups in total. The van der Waals surface area contributed by atoms with Gasteiger partial charge in [-0.3, -0.25) is 0 Å². The van der Waals surface area contributed by atoms with E-state index < -0.39 is 17.7 Å². The molecule has 3 aromatic rings. The van der Waals surface area contributed by atoms with E-state index in [-0.39, 0.29) is 30.0 Å². The van der Waals surface area contributed by atoms with Gasteiger partial charge in [0.05, 0.1) is 17.2 Å². The molecule has 1 saturated heterocycles. The van der Waals surface area contributed by atoms with Gasteiger partial charge in [-0.2, -0.15) is 18.2 Å². The third kappa shape index (κ3) is 5.44. The lowest BCUT2D eigenvalue weighted by Gasteiger charge is -2.11. The number of alkyl halides is 3. The molecule has 168 valence electrons. The van der Waals surface area contributed by atoms with Crippen molar-refractivity contribution in [1.29, 1.82) is 0 Å². The molecule has 0 bridgehead atoms. The predicted octanol–water partition coefficient (Wildman–Crippen LogP) is 4.67. The average Bonchev–Trinajstić information content (AvgIpc) is 3.48. The van der Waals surface area contributed by atoms with E-state index in [2.05, 4.69) is 10.1 Å². The Labute approximate surface area is 181 Å². The molecule has 10 heteroatoms. The molecule has 1 unspecified atom stereocenters. The second-order valence-corrected chi connectivity index (χ2v) is 7.14. The third-order valence-corrected chi connectivity index (χ3v) is 4.79. The Kier molecular flexibility index (Phi) is 6.40. The highest BCUT2D eigenvalue weighted by atomic mass is 19.4. The van der Waals surface area contributed by atoms with E-state index in [1.807, 2.05) is 0 Å². The van der Waals surface area contributed by atoms with Crippen molar-refractivity contribution in [2.45, 2.75) is 31.7 Å². The number of halogens is 3. The molecule has 1 fully saturated rings. The lowest BCUT2D eigenvalue weighted by atomic mass is 10.1. The minimum Gasteiger partial charge on any atom is -0.491 e. The zero-order valence-electron chi connectivity index (χ0n) is 16.8. The smallest absolute Gasteiger partial charge is 0.416 e. The number of ether oxygens (including phenoxy) is 3. The van der Waals surface area contributed by atoms with Crippen LogP contribution in [0.25, 0.3) is 11.4 Å². The van der Waals surface area contributed by atoms with Gasteiger partial charge in [0, 0.05) is 12.2 Å². The number of aromatic nitrogens is 2. The van der Waals surface area contributed by atoms with Crippen LogP contribution >= 0.6 is 0 Å². The molecule has 0 radical (unpaired) electrons. The largest absolute Gasteiger partial charge is 0.491 e. The van der Waals surface area contributed by atoms with E-state index in [1.165, 1.54) is 12.1 Å². The summed E-state index contributed by atoms with van der Waals surface area (Å²) in [6.07, 6.45) is -2.39. The van der Waals surface area contributed by atoms with E-state index in [0.717, 1.165) is 31.6 Å². The summed E-state index contributed by atoms with van der Waals surface area (Å²) in [5.74, 6) is -0.0775. The highest BCUT2D eigenvalue weighted by Crippen LogP contribution is 2.31. The summed E-state index contributed by atoms with van der Waals surface area (Å²) in [5.41, 5.74) is -0.386. The molecule has 0 saturated carbocycles. The van der Waals surface area contributed by atoms with Gasteiger partial charge in [0.25, 0.3) is 5.89 Å². The predicted molar refractivity (Wildman–Crippen MR) is 105 cm³/mol. The number of nitrogens with zero attached hydrogens (tertiary/aromatic N) is 2. The van der Waals surface area contributed by atoms with Crippen LogP contribution in [0.1, 0.15) is 34.7 Å². The van der Waals surface area contributed by atoms with Gasteiger partial charge < -0.3 is 18.7 Å². The van der Waals surface area contributed by atoms with Crippen LogP contribution in [0.4, 0.5) is 13.2 Å². The minimum absolute atomic E-state index is 0.0325. The first-order valence-electron chi connectivity index (χ1n) is 9.90. The van der Waals surface area contributed by atoms with E-state index in [9.17, 15) is 18.0 Å². The van der Waals surface area contributed by atoms with E-state index >= 15 is 0 Å². The SMILES string of the molecule is O=C(OCc1nc(-c2cccc(C(F)(F)F)c2)no1)c1ccc(OCC2CCCO2)cc1. The summed E-state index contributed by atoms with van der Waals surface area (Å²) < 4.78 is 59.9. The second kappa shape index (κ2) is 9.39. The number of hydrogen-bond donors (Lipinski definition) is 0. The van der Waals surface area contributed by atoms with Gasteiger partial charge in [-0.1, -0.05) is 17.3 Å². The van der Waals surface area contributed by atoms with Crippen molar-refractivity contribution in [2.24, 2.45) is 0 Å². The summed E-state index contributed by atoms with van der Waals surface area (Å²) in [5, 5.41) is 3.65. The Morgan fingerprint density at radius 2 is 1.97 bits per heavy atom. The Morgan fingerprint density at radius 1 is 1.16 bits per heavy atom. The Morgan fingerprint density at radius 3 is 2.69 bits per heavy atom. The molecule has 1 atom stereocenters. The van der Waals surface area contributed by atoms with Crippen molar-refractivity contribution in [3.05, 3.63) is 65.5 Å². The van der Waals surface area contributed by atoms with Crippen molar-refractivity contribution in [2.75, 3.05) is 13.2 Å². The fraction of sp³-hybridized carbons (Fsp3) is 0.318. The van der Waals surface area contributed by atoms with E-state index in [1.54, 1.807) is 24.3 Å². The van der Waals surface area contributed by atoms with Crippen LogP contribution < -0.4 is 4.74 Å². The molecular formula is C22H19F3N2O5. The van der Waals surface area contributed by atoms with Crippen molar-refractivity contribution in [1.82, 2.24) is 10.1 Å². The monoisotopic (exact) mass is 448 g/mol. The van der Waals surface area contributed by atoms with Gasteiger partial charge >= 0.3 is 12.1 Å². The van der Waals surface area contributed by atoms with Gasteiger partial charge in [-0.15, -0.1) is 0 Å². The summed E-state index contributed by atoms with van der Waals surface area (Å²) >= 11 is 0. The van der Waals surface area contributed by atoms with Crippen LogP contribution in [0.5, 0.6) is 5.75 Å². The van der Waals surface area contributed by atoms with Crippen LogP contribution in [0.2, 0.25) is 0 Å². The molecule has 4 rings (SSSR count). The third-order valence-electron chi connectivity index (χ3n) is 4.79. The number of esters is 1. The maximum atomic E-state index is 12.9. The number of benzene rings is 2. The van der Waals surface area contributed by atoms with Crippen LogP contribution in [0.3, 0.4) is 0 Å². The quantitative estimate of drug-likeness (QED) is 0.486. The van der Waals surface area contributed by atoms with Crippen molar-refractivity contribution >= 4 is 5.97 Å². The standard InChI is InChI=1S/C22H19F3N2O5/c23-22(24,25)16-4-1-3-15(11-16)20-26-19(32-27-20)13-31-21(28)14-6-8-17(9-7-14)30-12-18-5-2-10-29-18/h1,3-4,6-9,11,18H,2,5,10,12-13H2. The topological polar surface area (TPSA) is 83.7 Å². The molecule has 7 nitrogen and oxygen atoms in total. The molecule has 0 amide bonds. The molecule has 1 aliphatic rings. The minimum atomic E-state index is -4.48. The molecule has 1 aromatic heterocycles. The molecule has 0 spiro atoms. The Hall–Kier alpha value is -3.40. The lowest BCUT2D eigenvalue weighted by Crippen LogP contribution is -2.16. The maximum Gasteiger partial charge on any atom is 0.416 e. The van der Waals surface area contributed by atoms with Gasteiger partial charge in [0.2, 0.25) is 5.82 Å². The number of rotatable bonds is 7. The Bertz CT molecular complexity index is 1060. The highest BCUT2D eigenvalue weighted by molar-refractivity contribution is 5.89. The first-order valence-corrected chi connectivity index (χ1v) is 9.90. The molecule has 1 aliphatic heterocycles. The fourth-order valence-corrected chi connectivity index (χ4v) is 3.13. The van der Waals surface area contributed by atoms with Crippen LogP contribution in [-0.4, -0.2) is 35.4 Å². The summed E-state index contributed by atoms with van der Waals surface area (Å²) in [4.78, 5) is 16.2. The van der Waals surface area contributed by atoms with Gasteiger partial charge in [0.15, 0.2) is 6.61 Å². The highest BCUT2D eigenvalue weighted by Gasteiger charge is 2.30. The fourth-order valence-electron chi connectivity index (χ4n) is 3.13. The van der Waals surface area contributed by atoms with Crippen molar-refractivity contribution in [3.63, 3.8) is 0 Å². The summed E-state index contributed by atoms with van der Waals surface area (Å²) in [7, 11) is 0. The first-order chi connectivity index (χ1) is 15.4. The van der Waals surface area contributed by atoms with Gasteiger partial charge in [0.1, 0.15) is 12.4 Å². The van der Waals surface area contributed by atoms with Gasteiger partial charge in [-0.25, -0.2) is 4.79 Å². The lowest BCUT2D eigenvalue weighted by molar-refractivity contribution is -0.137. The number of carbonyl (C=O) groups is 1. The van der Waals surface area contributed by atoms with Crippen molar-refractivity contribution < 1.29 is 36.7 Å². The maximum absolute atomic E-state index is 12.9. The average molecular weight is 448 g/mol. The first kappa shape index (κ1) is 21.8. The molecular weight excluding hydrogens is 429 g/mol. The zero-order valence-corrected chi connectivity index (χ0v) is 16.8. The molecule has 2 heterocycles. The van der Waals surface area contributed by atoms with Crippen LogP contribution in [0, 0.1) is 0 Å². The normalized spacial score (nSPS) is 16.2. The molecule has 32 heavy (non-hydrogen) atoms. The van der Waals surface area contributed by atoms with Crippen molar-refractivity contribution in [3.8, 4) is 17.1 Å². The molecule has 2 aromatic carbocycles. The summed E-state index contributed by atoms with van der Waals surface area (Å²) in [6.45, 7) is 0.886. The summed E-state index contributed by atoms with van der Waals surface area (Å²) in [6, 6.07) is 11.0. The number of hydrogen-bond acceptors (Lipinski definition) is 7. The number of carbonyl (C=O) groups excluding carboxylic acids is 1. The van der Waals surface area contributed by atoms with Crippen LogP contribution in [-0.2, 0) is 22.3 Å². The Balaban J connectivity index is 1.31. The van der Waals surface area contributed by atoms with Gasteiger partial charge in [-0.05, 0) is 49.2 Å². The van der Waals surface area contributed by atoms with E-state index in [4.69, 9.17) is 18.7 Å². The zero-order chi connectivity index (χ0) is 22.6. The second-order valence-electron chi connectivity index (χ2n) is 7.14.